The molecular formula is C14H18N2O3S. The summed E-state index contributed by atoms with van der Waals surface area (Å²) in [6, 6.07) is 1.98. The molecule has 0 radical (unpaired) electrons. The molecule has 3 N–H and O–H groups in total. The number of aliphatic carboxylic acids is 1. The van der Waals surface area contributed by atoms with Gasteiger partial charge >= 0.3 is 5.97 Å². The zero-order valence-electron chi connectivity index (χ0n) is 11.1. The Morgan fingerprint density at radius 3 is 3.05 bits per heavy atom. The maximum atomic E-state index is 11.2. The van der Waals surface area contributed by atoms with Crippen LogP contribution >= 0.6 is 11.3 Å². The Labute approximate surface area is 121 Å². The number of hydrogen-bond donors (Lipinski definition) is 2. The number of rotatable bonds is 5. The van der Waals surface area contributed by atoms with Crippen molar-refractivity contribution in [1.29, 1.82) is 0 Å². The Morgan fingerprint density at radius 2 is 2.35 bits per heavy atom. The molecule has 0 aliphatic carbocycles. The van der Waals surface area contributed by atoms with Gasteiger partial charge in [0.15, 0.2) is 0 Å². The number of nitrogens with two attached hydrogens (primary N) is 1. The molecule has 2 heterocycles. The molecule has 5 nitrogen and oxygen atoms in total. The maximum Gasteiger partial charge on any atom is 0.328 e. The molecule has 20 heavy (non-hydrogen) atoms. The average molecular weight is 294 g/mol. The minimum Gasteiger partial charge on any atom is -0.478 e. The lowest BCUT2D eigenvalue weighted by Crippen LogP contribution is -2.40. The number of carbonyl (C=O) groups is 2. The van der Waals surface area contributed by atoms with E-state index in [1.54, 1.807) is 17.4 Å². The zero-order valence-corrected chi connectivity index (χ0v) is 11.9. The fraction of sp³-hybridized carbons (Fsp3) is 0.429. The molecule has 108 valence electrons. The van der Waals surface area contributed by atoms with Gasteiger partial charge in [0.05, 0.1) is 5.92 Å². The van der Waals surface area contributed by atoms with Crippen LogP contribution < -0.4 is 5.73 Å². The van der Waals surface area contributed by atoms with Crippen LogP contribution in [0.15, 0.2) is 17.5 Å². The molecule has 1 unspecified atom stereocenters. The van der Waals surface area contributed by atoms with Gasteiger partial charge in [-0.25, -0.2) is 4.79 Å². The topological polar surface area (TPSA) is 83.6 Å². The first-order valence-corrected chi connectivity index (χ1v) is 7.42. The van der Waals surface area contributed by atoms with Crippen molar-refractivity contribution in [2.45, 2.75) is 19.4 Å². The average Bonchev–Trinajstić information content (AvgIpc) is 2.84. The van der Waals surface area contributed by atoms with Crippen molar-refractivity contribution in [2.24, 2.45) is 11.7 Å². The molecule has 2 rings (SSSR count). The van der Waals surface area contributed by atoms with E-state index < -0.39 is 5.97 Å². The van der Waals surface area contributed by atoms with Crippen LogP contribution in [0.3, 0.4) is 0 Å². The van der Waals surface area contributed by atoms with Gasteiger partial charge in [0.2, 0.25) is 5.91 Å². The summed E-state index contributed by atoms with van der Waals surface area (Å²) in [6.07, 6.45) is 4.59. The molecule has 1 aliphatic rings. The first-order valence-electron chi connectivity index (χ1n) is 6.54. The summed E-state index contributed by atoms with van der Waals surface area (Å²) in [5, 5.41) is 10.5. The normalized spacial score (nSPS) is 20.3. The Balaban J connectivity index is 1.93. The van der Waals surface area contributed by atoms with E-state index in [1.807, 2.05) is 11.4 Å². The van der Waals surface area contributed by atoms with E-state index in [9.17, 15) is 9.59 Å². The number of carboxylic acids is 1. The number of carbonyl (C=O) groups excluding carboxylic acids is 1. The monoisotopic (exact) mass is 294 g/mol. The summed E-state index contributed by atoms with van der Waals surface area (Å²) in [4.78, 5) is 25.1. The first-order chi connectivity index (χ1) is 9.54. The third-order valence-electron chi connectivity index (χ3n) is 3.38. The smallest absolute Gasteiger partial charge is 0.328 e. The van der Waals surface area contributed by atoms with Gasteiger partial charge in [0.25, 0.3) is 0 Å². The van der Waals surface area contributed by atoms with E-state index in [1.165, 1.54) is 4.88 Å². The van der Waals surface area contributed by atoms with Crippen LogP contribution in [-0.2, 0) is 16.1 Å². The second-order valence-electron chi connectivity index (χ2n) is 4.99. The van der Waals surface area contributed by atoms with E-state index in [0.717, 1.165) is 37.6 Å². The van der Waals surface area contributed by atoms with Crippen molar-refractivity contribution in [2.75, 3.05) is 13.1 Å². The molecule has 0 aromatic carbocycles. The number of piperidine rings is 1. The largest absolute Gasteiger partial charge is 0.478 e. The Bertz CT molecular complexity index is 524. The van der Waals surface area contributed by atoms with Crippen LogP contribution in [0.4, 0.5) is 0 Å². The lowest BCUT2D eigenvalue weighted by molar-refractivity contribution is -0.131. The number of amides is 1. The van der Waals surface area contributed by atoms with Crippen molar-refractivity contribution in [3.05, 3.63) is 28.0 Å². The fourth-order valence-corrected chi connectivity index (χ4v) is 3.28. The van der Waals surface area contributed by atoms with Crippen LogP contribution in [0.5, 0.6) is 0 Å². The quantitative estimate of drug-likeness (QED) is 0.807. The van der Waals surface area contributed by atoms with Crippen molar-refractivity contribution in [3.8, 4) is 0 Å². The van der Waals surface area contributed by atoms with Crippen molar-refractivity contribution >= 4 is 29.3 Å². The van der Waals surface area contributed by atoms with Crippen LogP contribution in [0.2, 0.25) is 0 Å². The molecule has 1 amide bonds. The number of primary amides is 1. The van der Waals surface area contributed by atoms with Gasteiger partial charge in [-0.1, -0.05) is 0 Å². The summed E-state index contributed by atoms with van der Waals surface area (Å²) < 4.78 is 0. The number of hydrogen-bond acceptors (Lipinski definition) is 4. The Kier molecular flexibility index (Phi) is 4.92. The Hall–Kier alpha value is -1.66. The van der Waals surface area contributed by atoms with Gasteiger partial charge in [-0.15, -0.1) is 11.3 Å². The van der Waals surface area contributed by atoms with E-state index >= 15 is 0 Å². The second-order valence-corrected chi connectivity index (χ2v) is 5.99. The van der Waals surface area contributed by atoms with Gasteiger partial charge in [-0.2, -0.15) is 0 Å². The molecule has 1 aromatic rings. The van der Waals surface area contributed by atoms with E-state index in [2.05, 4.69) is 4.90 Å². The summed E-state index contributed by atoms with van der Waals surface area (Å²) in [5.74, 6) is -1.21. The molecular weight excluding hydrogens is 276 g/mol. The van der Waals surface area contributed by atoms with E-state index in [4.69, 9.17) is 10.8 Å². The van der Waals surface area contributed by atoms with Crippen LogP contribution in [0, 0.1) is 5.92 Å². The highest BCUT2D eigenvalue weighted by Gasteiger charge is 2.23. The molecule has 1 saturated heterocycles. The highest BCUT2D eigenvalue weighted by Crippen LogP contribution is 2.22. The number of carboxylic acid groups (broad SMARTS) is 1. The third kappa shape index (κ3) is 4.18. The van der Waals surface area contributed by atoms with Crippen molar-refractivity contribution < 1.29 is 14.7 Å². The standard InChI is InChI=1S/C14H18N2O3S/c15-14(19)11-2-1-5-16(7-11)8-12-6-10(9-20-12)3-4-13(17)18/h3-4,6,9,11H,1-2,5,7-8H2,(H2,15,19)(H,17,18). The summed E-state index contributed by atoms with van der Waals surface area (Å²) in [5.41, 5.74) is 6.27. The Morgan fingerprint density at radius 1 is 1.55 bits per heavy atom. The summed E-state index contributed by atoms with van der Waals surface area (Å²) in [6.45, 7) is 2.48. The molecule has 1 atom stereocenters. The van der Waals surface area contributed by atoms with Crippen LogP contribution in [0.1, 0.15) is 23.3 Å². The number of likely N-dealkylation sites (tertiary alicyclic amines) is 1. The van der Waals surface area contributed by atoms with Gasteiger partial charge in [-0.05, 0) is 42.5 Å². The summed E-state index contributed by atoms with van der Waals surface area (Å²) >= 11 is 1.60. The lowest BCUT2D eigenvalue weighted by Gasteiger charge is -2.30. The maximum absolute atomic E-state index is 11.2. The minimum absolute atomic E-state index is 0.0462. The minimum atomic E-state index is -0.946. The van der Waals surface area contributed by atoms with Gasteiger partial charge in [-0.3, -0.25) is 9.69 Å². The molecule has 1 aliphatic heterocycles. The zero-order chi connectivity index (χ0) is 14.5. The van der Waals surface area contributed by atoms with Crippen LogP contribution in [0.25, 0.3) is 6.08 Å². The predicted molar refractivity (Wildman–Crippen MR) is 78.2 cm³/mol. The van der Waals surface area contributed by atoms with Crippen LogP contribution in [-0.4, -0.2) is 35.0 Å². The van der Waals surface area contributed by atoms with Crippen molar-refractivity contribution in [1.82, 2.24) is 4.90 Å². The molecule has 0 bridgehead atoms. The van der Waals surface area contributed by atoms with E-state index in [-0.39, 0.29) is 11.8 Å². The fourth-order valence-electron chi connectivity index (χ4n) is 2.39. The molecule has 1 aromatic heterocycles. The van der Waals surface area contributed by atoms with Gasteiger partial charge in [0.1, 0.15) is 0 Å². The van der Waals surface area contributed by atoms with Gasteiger partial charge in [0, 0.05) is 24.0 Å². The molecule has 0 spiro atoms. The summed E-state index contributed by atoms with van der Waals surface area (Å²) in [7, 11) is 0. The molecule has 0 saturated carbocycles. The highest BCUT2D eigenvalue weighted by molar-refractivity contribution is 7.10. The molecule has 1 fully saturated rings. The lowest BCUT2D eigenvalue weighted by atomic mass is 9.97. The number of thiophene rings is 1. The first kappa shape index (κ1) is 14.7. The SMILES string of the molecule is NC(=O)C1CCCN(Cc2cc(C=CC(=O)O)cs2)C1. The highest BCUT2D eigenvalue weighted by atomic mass is 32.1. The predicted octanol–water partition coefficient (Wildman–Crippen LogP) is 1.54. The second kappa shape index (κ2) is 6.67. The van der Waals surface area contributed by atoms with Crippen molar-refractivity contribution in [3.63, 3.8) is 0 Å². The number of nitrogens with zero attached hydrogens (tertiary/aromatic N) is 1. The van der Waals surface area contributed by atoms with Gasteiger partial charge < -0.3 is 10.8 Å². The van der Waals surface area contributed by atoms with E-state index in [0.29, 0.717) is 6.54 Å². The molecule has 6 heteroatoms. The third-order valence-corrected chi connectivity index (χ3v) is 4.32.